The van der Waals surface area contributed by atoms with Gasteiger partial charge in [0.2, 0.25) is 5.91 Å². The first-order chi connectivity index (χ1) is 12.0. The van der Waals surface area contributed by atoms with E-state index in [1.54, 1.807) is 12.1 Å². The molecule has 0 aliphatic carbocycles. The molecular formula is C18H21ClF2N2O3. The number of hydrogen-bond donors (Lipinski definition) is 2. The van der Waals surface area contributed by atoms with Gasteiger partial charge in [0.25, 0.3) is 0 Å². The lowest BCUT2D eigenvalue weighted by Gasteiger charge is -2.12. The van der Waals surface area contributed by atoms with Crippen molar-refractivity contribution in [2.24, 2.45) is 0 Å². The SMILES string of the molecule is COc1ccc(CNCc2ccc(NC(C)=O)cc2)cc1OC(F)F.Cl. The Morgan fingerprint density at radius 1 is 1.04 bits per heavy atom. The Labute approximate surface area is 157 Å². The lowest BCUT2D eigenvalue weighted by atomic mass is 10.1. The van der Waals surface area contributed by atoms with Crippen molar-refractivity contribution in [2.75, 3.05) is 12.4 Å². The summed E-state index contributed by atoms with van der Waals surface area (Å²) in [7, 11) is 1.40. The van der Waals surface area contributed by atoms with E-state index >= 15 is 0 Å². The standard InChI is InChI=1S/C18H20F2N2O3.ClH/c1-12(23)22-15-6-3-13(4-7-15)10-21-11-14-5-8-16(24-2)17(9-14)25-18(19)20;/h3-9,18,21H,10-11H2,1-2H3,(H,22,23);1H. The molecule has 2 aromatic rings. The minimum Gasteiger partial charge on any atom is -0.493 e. The minimum atomic E-state index is -2.90. The maximum absolute atomic E-state index is 12.4. The molecule has 0 atom stereocenters. The number of amides is 1. The number of carbonyl (C=O) groups excluding carboxylic acids is 1. The number of ether oxygens (including phenoxy) is 2. The highest BCUT2D eigenvalue weighted by atomic mass is 35.5. The first kappa shape index (κ1) is 21.7. The second-order valence-corrected chi connectivity index (χ2v) is 5.35. The van der Waals surface area contributed by atoms with Crippen LogP contribution in [-0.4, -0.2) is 19.6 Å². The number of halogens is 3. The van der Waals surface area contributed by atoms with Gasteiger partial charge >= 0.3 is 6.61 Å². The van der Waals surface area contributed by atoms with Crippen molar-refractivity contribution >= 4 is 24.0 Å². The Kier molecular flexibility index (Phi) is 8.81. The highest BCUT2D eigenvalue weighted by Crippen LogP contribution is 2.29. The molecule has 0 unspecified atom stereocenters. The van der Waals surface area contributed by atoms with Crippen molar-refractivity contribution in [1.29, 1.82) is 0 Å². The van der Waals surface area contributed by atoms with E-state index in [1.165, 1.54) is 20.1 Å². The largest absolute Gasteiger partial charge is 0.493 e. The smallest absolute Gasteiger partial charge is 0.387 e. The van der Waals surface area contributed by atoms with Crippen LogP contribution in [0.25, 0.3) is 0 Å². The van der Waals surface area contributed by atoms with Crippen LogP contribution in [0.3, 0.4) is 0 Å². The van der Waals surface area contributed by atoms with E-state index in [4.69, 9.17) is 4.74 Å². The van der Waals surface area contributed by atoms with Crippen molar-refractivity contribution in [3.8, 4) is 11.5 Å². The maximum Gasteiger partial charge on any atom is 0.387 e. The van der Waals surface area contributed by atoms with E-state index in [0.717, 1.165) is 16.8 Å². The molecule has 8 heteroatoms. The van der Waals surface area contributed by atoms with Crippen molar-refractivity contribution in [3.63, 3.8) is 0 Å². The fourth-order valence-electron chi connectivity index (χ4n) is 2.28. The van der Waals surface area contributed by atoms with Gasteiger partial charge in [-0.05, 0) is 35.4 Å². The number of benzene rings is 2. The molecule has 0 aliphatic heterocycles. The molecule has 0 bridgehead atoms. The summed E-state index contributed by atoms with van der Waals surface area (Å²) in [5.41, 5.74) is 2.57. The molecule has 142 valence electrons. The van der Waals surface area contributed by atoms with Gasteiger partial charge in [-0.3, -0.25) is 4.79 Å². The zero-order valence-electron chi connectivity index (χ0n) is 14.4. The van der Waals surface area contributed by atoms with Gasteiger partial charge < -0.3 is 20.1 Å². The van der Waals surface area contributed by atoms with Crippen LogP contribution in [0.4, 0.5) is 14.5 Å². The third kappa shape index (κ3) is 6.85. The number of methoxy groups -OCH3 is 1. The Hall–Kier alpha value is -2.38. The van der Waals surface area contributed by atoms with Gasteiger partial charge in [0.15, 0.2) is 11.5 Å². The number of anilines is 1. The summed E-state index contributed by atoms with van der Waals surface area (Å²) in [6.07, 6.45) is 0. The molecule has 0 aromatic heterocycles. The first-order valence-electron chi connectivity index (χ1n) is 7.67. The number of carbonyl (C=O) groups is 1. The third-order valence-corrected chi connectivity index (χ3v) is 3.38. The second-order valence-electron chi connectivity index (χ2n) is 5.35. The van der Waals surface area contributed by atoms with E-state index < -0.39 is 6.61 Å². The zero-order chi connectivity index (χ0) is 18.2. The normalized spacial score (nSPS) is 10.2. The summed E-state index contributed by atoms with van der Waals surface area (Å²) in [4.78, 5) is 11.0. The van der Waals surface area contributed by atoms with Gasteiger partial charge in [-0.25, -0.2) is 0 Å². The van der Waals surface area contributed by atoms with Crippen LogP contribution in [0.5, 0.6) is 11.5 Å². The first-order valence-corrected chi connectivity index (χ1v) is 7.67. The number of rotatable bonds is 8. The lowest BCUT2D eigenvalue weighted by molar-refractivity contribution is -0.114. The quantitative estimate of drug-likeness (QED) is 0.720. The Morgan fingerprint density at radius 3 is 2.23 bits per heavy atom. The van der Waals surface area contributed by atoms with Gasteiger partial charge in [-0.1, -0.05) is 18.2 Å². The molecule has 0 heterocycles. The minimum absolute atomic E-state index is 0. The second kappa shape index (κ2) is 10.6. The van der Waals surface area contributed by atoms with E-state index in [-0.39, 0.29) is 29.8 Å². The molecule has 26 heavy (non-hydrogen) atoms. The van der Waals surface area contributed by atoms with Crippen LogP contribution in [0.1, 0.15) is 18.1 Å². The fourth-order valence-corrected chi connectivity index (χ4v) is 2.28. The van der Waals surface area contributed by atoms with Gasteiger partial charge in [-0.15, -0.1) is 12.4 Å². The summed E-state index contributed by atoms with van der Waals surface area (Å²) in [5.74, 6) is 0.154. The van der Waals surface area contributed by atoms with Crippen LogP contribution in [-0.2, 0) is 17.9 Å². The fraction of sp³-hybridized carbons (Fsp3) is 0.278. The van der Waals surface area contributed by atoms with E-state index in [0.29, 0.717) is 13.1 Å². The summed E-state index contributed by atoms with van der Waals surface area (Å²) in [5, 5.41) is 5.93. The van der Waals surface area contributed by atoms with Crippen LogP contribution in [0.2, 0.25) is 0 Å². The third-order valence-electron chi connectivity index (χ3n) is 3.38. The molecule has 0 spiro atoms. The van der Waals surface area contributed by atoms with Gasteiger partial charge in [0, 0.05) is 25.7 Å². The van der Waals surface area contributed by atoms with Gasteiger partial charge in [0.05, 0.1) is 7.11 Å². The Bertz CT molecular complexity index is 712. The van der Waals surface area contributed by atoms with Crippen molar-refractivity contribution < 1.29 is 23.0 Å². The van der Waals surface area contributed by atoms with E-state index in [2.05, 4.69) is 15.4 Å². The molecule has 0 fully saturated rings. The highest BCUT2D eigenvalue weighted by molar-refractivity contribution is 5.88. The van der Waals surface area contributed by atoms with Gasteiger partial charge in [-0.2, -0.15) is 8.78 Å². The predicted octanol–water partition coefficient (Wildman–Crippen LogP) is 3.97. The number of alkyl halides is 2. The van der Waals surface area contributed by atoms with Crippen LogP contribution in [0.15, 0.2) is 42.5 Å². The molecular weight excluding hydrogens is 366 g/mol. The lowest BCUT2D eigenvalue weighted by Crippen LogP contribution is -2.13. The molecule has 0 aliphatic rings. The summed E-state index contributed by atoms with van der Waals surface area (Å²) >= 11 is 0. The Balaban J connectivity index is 0.00000338. The highest BCUT2D eigenvalue weighted by Gasteiger charge is 2.11. The molecule has 2 N–H and O–H groups in total. The van der Waals surface area contributed by atoms with Crippen molar-refractivity contribution in [1.82, 2.24) is 5.32 Å². The number of hydrogen-bond acceptors (Lipinski definition) is 4. The predicted molar refractivity (Wildman–Crippen MR) is 98.2 cm³/mol. The maximum atomic E-state index is 12.4. The average Bonchev–Trinajstić information content (AvgIpc) is 2.56. The van der Waals surface area contributed by atoms with Crippen LogP contribution < -0.4 is 20.1 Å². The molecule has 0 saturated carbocycles. The summed E-state index contributed by atoms with van der Waals surface area (Å²) < 4.78 is 34.3. The van der Waals surface area contributed by atoms with Crippen LogP contribution >= 0.6 is 12.4 Å². The monoisotopic (exact) mass is 386 g/mol. The average molecular weight is 387 g/mol. The van der Waals surface area contributed by atoms with Crippen molar-refractivity contribution in [3.05, 3.63) is 53.6 Å². The molecule has 0 saturated heterocycles. The molecule has 5 nitrogen and oxygen atoms in total. The molecule has 1 amide bonds. The number of nitrogens with one attached hydrogen (secondary N) is 2. The molecule has 2 rings (SSSR count). The van der Waals surface area contributed by atoms with E-state index in [9.17, 15) is 13.6 Å². The molecule has 2 aromatic carbocycles. The van der Waals surface area contributed by atoms with Crippen molar-refractivity contribution in [2.45, 2.75) is 26.6 Å². The summed E-state index contributed by atoms with van der Waals surface area (Å²) in [6.45, 7) is -0.371. The molecule has 0 radical (unpaired) electrons. The topological polar surface area (TPSA) is 59.6 Å². The Morgan fingerprint density at radius 2 is 1.65 bits per heavy atom. The van der Waals surface area contributed by atoms with Crippen LogP contribution in [0, 0.1) is 0 Å². The van der Waals surface area contributed by atoms with Gasteiger partial charge in [0.1, 0.15) is 0 Å². The summed E-state index contributed by atoms with van der Waals surface area (Å²) in [6, 6.07) is 12.3. The zero-order valence-corrected chi connectivity index (χ0v) is 15.2. The van der Waals surface area contributed by atoms with E-state index in [1.807, 2.05) is 24.3 Å².